The van der Waals surface area contributed by atoms with E-state index in [0.29, 0.717) is 0 Å². The van der Waals surface area contributed by atoms with Crippen molar-refractivity contribution in [2.24, 2.45) is 0 Å². The van der Waals surface area contributed by atoms with Crippen LogP contribution in [0.25, 0.3) is 0 Å². The third-order valence-corrected chi connectivity index (χ3v) is 4.17. The maximum atomic E-state index is 12.1. The zero-order valence-corrected chi connectivity index (χ0v) is 18.5. The summed E-state index contributed by atoms with van der Waals surface area (Å²) >= 11 is 0. The van der Waals surface area contributed by atoms with E-state index in [0.717, 1.165) is 17.1 Å². The Kier molecular flexibility index (Phi) is 10.1. The zero-order valence-electron chi connectivity index (χ0n) is 17.7. The first-order valence-electron chi connectivity index (χ1n) is 9.19. The Morgan fingerprint density at radius 3 is 2.23 bits per heavy atom. The molecule has 31 heavy (non-hydrogen) atoms. The highest BCUT2D eigenvalue weighted by atomic mass is 31.2. The van der Waals surface area contributed by atoms with Crippen LogP contribution in [0.3, 0.4) is 0 Å². The van der Waals surface area contributed by atoms with Crippen LogP contribution in [0.15, 0.2) is 30.3 Å². The summed E-state index contributed by atoms with van der Waals surface area (Å²) in [5.74, 6) is -2.16. The van der Waals surface area contributed by atoms with Crippen molar-refractivity contribution in [1.29, 1.82) is 0 Å². The van der Waals surface area contributed by atoms with Gasteiger partial charge in [0, 0.05) is 13.7 Å². The number of hydrogen-bond donors (Lipinski definition) is 4. The number of nitrogens with zero attached hydrogens (tertiary/aromatic N) is 1. The second kappa shape index (κ2) is 12.0. The smallest absolute Gasteiger partial charge is 0.410 e. The molecule has 172 valence electrons. The van der Waals surface area contributed by atoms with Gasteiger partial charge in [0.25, 0.3) is 5.91 Å². The van der Waals surface area contributed by atoms with E-state index in [1.54, 1.807) is 29.7 Å². The van der Waals surface area contributed by atoms with Gasteiger partial charge in [0.05, 0.1) is 0 Å². The van der Waals surface area contributed by atoms with Crippen LogP contribution in [-0.4, -0.2) is 65.9 Å². The fourth-order valence-corrected chi connectivity index (χ4v) is 2.34. The molecule has 0 fully saturated rings. The van der Waals surface area contributed by atoms with Crippen molar-refractivity contribution in [2.75, 3.05) is 20.3 Å². The highest BCUT2D eigenvalue weighted by Crippen LogP contribution is 2.34. The van der Waals surface area contributed by atoms with E-state index in [1.807, 2.05) is 6.07 Å². The van der Waals surface area contributed by atoms with Crippen LogP contribution in [-0.2, 0) is 34.9 Å². The van der Waals surface area contributed by atoms with E-state index in [9.17, 15) is 23.7 Å². The molecule has 0 aliphatic heterocycles. The standard InChI is InChI=1S/C18H27N4O8P/c1-12(16(24)20-13(2)17(25)21-30-31(4,27)28)19-15(23)10-22(3)18(26)29-11-14-8-6-5-7-9-14/h5-9,12-13H,10-11H2,1-4H3,(H,19,23)(H,20,24)(H,21,25)(H,27,28)/t12-,13-/m0/s1. The van der Waals surface area contributed by atoms with Crippen LogP contribution in [0.2, 0.25) is 0 Å². The third-order valence-electron chi connectivity index (χ3n) is 3.74. The van der Waals surface area contributed by atoms with Crippen molar-refractivity contribution in [2.45, 2.75) is 32.5 Å². The number of ether oxygens (including phenoxy) is 1. The van der Waals surface area contributed by atoms with E-state index in [2.05, 4.69) is 15.3 Å². The van der Waals surface area contributed by atoms with E-state index in [4.69, 9.17) is 9.63 Å². The van der Waals surface area contributed by atoms with Crippen LogP contribution in [0.4, 0.5) is 4.79 Å². The van der Waals surface area contributed by atoms with E-state index < -0.39 is 43.5 Å². The van der Waals surface area contributed by atoms with Crippen LogP contribution in [0, 0.1) is 0 Å². The van der Waals surface area contributed by atoms with Gasteiger partial charge in [-0.15, -0.1) is 0 Å². The molecule has 0 aliphatic carbocycles. The fourth-order valence-electron chi connectivity index (χ4n) is 2.08. The summed E-state index contributed by atoms with van der Waals surface area (Å²) < 4.78 is 20.4. The first kappa shape index (κ1) is 26.1. The second-order valence-electron chi connectivity index (χ2n) is 6.78. The van der Waals surface area contributed by atoms with Crippen molar-refractivity contribution in [1.82, 2.24) is 21.0 Å². The minimum atomic E-state index is -3.92. The Morgan fingerprint density at radius 2 is 1.65 bits per heavy atom. The number of likely N-dealkylation sites (N-methyl/N-ethyl adjacent to an activating group) is 1. The van der Waals surface area contributed by atoms with Crippen molar-refractivity contribution >= 4 is 31.4 Å². The molecule has 4 N–H and O–H groups in total. The summed E-state index contributed by atoms with van der Waals surface area (Å²) in [5, 5.41) is 4.71. The van der Waals surface area contributed by atoms with E-state index in [-0.39, 0.29) is 13.2 Å². The first-order chi connectivity index (χ1) is 14.4. The molecule has 0 spiro atoms. The van der Waals surface area contributed by atoms with Crippen LogP contribution in [0.5, 0.6) is 0 Å². The predicted octanol–water partition coefficient (Wildman–Crippen LogP) is 0.127. The van der Waals surface area contributed by atoms with Gasteiger partial charge in [-0.25, -0.2) is 10.3 Å². The largest absolute Gasteiger partial charge is 0.445 e. The van der Waals surface area contributed by atoms with Gasteiger partial charge in [-0.05, 0) is 19.4 Å². The number of carbonyl (C=O) groups excluding carboxylic acids is 4. The third kappa shape index (κ3) is 10.6. The predicted molar refractivity (Wildman–Crippen MR) is 109 cm³/mol. The number of hydrogen-bond acceptors (Lipinski definition) is 7. The minimum Gasteiger partial charge on any atom is -0.445 e. The molecule has 0 radical (unpaired) electrons. The van der Waals surface area contributed by atoms with Crippen LogP contribution in [0.1, 0.15) is 19.4 Å². The summed E-state index contributed by atoms with van der Waals surface area (Å²) in [6.45, 7) is 3.29. The molecule has 0 aliphatic rings. The first-order valence-corrected chi connectivity index (χ1v) is 11.2. The van der Waals surface area contributed by atoms with Gasteiger partial charge in [-0.1, -0.05) is 30.3 Å². The Labute approximate surface area is 179 Å². The van der Waals surface area contributed by atoms with Crippen molar-refractivity contribution in [3.8, 4) is 0 Å². The fraction of sp³-hybridized carbons (Fsp3) is 0.444. The number of carbonyl (C=O) groups is 4. The number of nitrogens with one attached hydrogen (secondary N) is 3. The highest BCUT2D eigenvalue weighted by Gasteiger charge is 2.23. The molecule has 3 atom stereocenters. The lowest BCUT2D eigenvalue weighted by molar-refractivity contribution is -0.134. The quantitative estimate of drug-likeness (QED) is 0.284. The Bertz CT molecular complexity index is 829. The monoisotopic (exact) mass is 458 g/mol. The van der Waals surface area contributed by atoms with Gasteiger partial charge in [0.15, 0.2) is 0 Å². The highest BCUT2D eigenvalue weighted by molar-refractivity contribution is 7.51. The van der Waals surface area contributed by atoms with Gasteiger partial charge in [-0.2, -0.15) is 4.62 Å². The average Bonchev–Trinajstić information content (AvgIpc) is 2.69. The van der Waals surface area contributed by atoms with Crippen molar-refractivity contribution in [3.05, 3.63) is 35.9 Å². The molecule has 0 saturated heterocycles. The molecule has 0 aromatic heterocycles. The molecule has 4 amide bonds. The molecule has 13 heteroatoms. The molecular formula is C18H27N4O8P. The average molecular weight is 458 g/mol. The Morgan fingerprint density at radius 1 is 1.06 bits per heavy atom. The van der Waals surface area contributed by atoms with Crippen molar-refractivity contribution < 1.29 is 38.0 Å². The summed E-state index contributed by atoms with van der Waals surface area (Å²) in [6.07, 6.45) is -0.710. The summed E-state index contributed by atoms with van der Waals surface area (Å²) in [7, 11) is -2.55. The molecule has 1 aromatic carbocycles. The maximum Gasteiger partial charge on any atom is 0.410 e. The Balaban J connectivity index is 2.40. The lowest BCUT2D eigenvalue weighted by Gasteiger charge is -2.20. The number of benzene rings is 1. The van der Waals surface area contributed by atoms with E-state index >= 15 is 0 Å². The number of amides is 4. The SMILES string of the molecule is C[C@H](NC(=O)CN(C)C(=O)OCc1ccccc1)C(=O)N[C@@H](C)C(=O)NOP(C)(=O)O. The topological polar surface area (TPSA) is 163 Å². The van der Waals surface area contributed by atoms with E-state index in [1.165, 1.54) is 20.9 Å². The summed E-state index contributed by atoms with van der Waals surface area (Å²) in [4.78, 5) is 57.9. The molecule has 0 saturated carbocycles. The second-order valence-corrected chi connectivity index (χ2v) is 8.56. The lowest BCUT2D eigenvalue weighted by atomic mass is 10.2. The molecule has 0 bridgehead atoms. The zero-order chi connectivity index (χ0) is 23.6. The number of hydroxylamine groups is 1. The normalized spacial score (nSPS) is 14.4. The Hall–Kier alpha value is -2.95. The molecule has 1 aromatic rings. The molecule has 12 nitrogen and oxygen atoms in total. The van der Waals surface area contributed by atoms with Gasteiger partial charge in [0.2, 0.25) is 11.8 Å². The van der Waals surface area contributed by atoms with Gasteiger partial charge in [-0.3, -0.25) is 18.9 Å². The summed E-state index contributed by atoms with van der Waals surface area (Å²) in [6, 6.07) is 6.90. The lowest BCUT2D eigenvalue weighted by Crippen LogP contribution is -2.52. The molecule has 1 unspecified atom stereocenters. The van der Waals surface area contributed by atoms with Crippen LogP contribution >= 0.6 is 7.60 Å². The van der Waals surface area contributed by atoms with Crippen LogP contribution < -0.4 is 16.1 Å². The minimum absolute atomic E-state index is 0.0534. The molecule has 0 heterocycles. The number of rotatable bonds is 10. The van der Waals surface area contributed by atoms with Gasteiger partial charge in [0.1, 0.15) is 25.2 Å². The maximum absolute atomic E-state index is 12.1. The van der Waals surface area contributed by atoms with Gasteiger partial charge >= 0.3 is 13.7 Å². The molecule has 1 rings (SSSR count). The van der Waals surface area contributed by atoms with Crippen molar-refractivity contribution in [3.63, 3.8) is 0 Å². The molecular weight excluding hydrogens is 431 g/mol. The summed E-state index contributed by atoms with van der Waals surface area (Å²) in [5.41, 5.74) is 2.55. The van der Waals surface area contributed by atoms with Gasteiger partial charge < -0.3 is 25.2 Å².